The maximum absolute atomic E-state index is 9.26. The van der Waals surface area contributed by atoms with Gasteiger partial charge in [-0.15, -0.1) is 0 Å². The summed E-state index contributed by atoms with van der Waals surface area (Å²) in [5.74, 6) is 1.91. The van der Waals surface area contributed by atoms with Crippen LogP contribution in [0.1, 0.15) is 12.8 Å². The number of anilines is 2. The van der Waals surface area contributed by atoms with Gasteiger partial charge in [-0.2, -0.15) is 0 Å². The van der Waals surface area contributed by atoms with Gasteiger partial charge in [0.15, 0.2) is 5.16 Å². The van der Waals surface area contributed by atoms with Gasteiger partial charge < -0.3 is 15.7 Å². The molecule has 0 aromatic carbocycles. The Balaban J connectivity index is 2.02. The van der Waals surface area contributed by atoms with Crippen LogP contribution >= 0.6 is 11.8 Å². The molecule has 0 spiro atoms. The van der Waals surface area contributed by atoms with Crippen molar-refractivity contribution in [2.75, 3.05) is 30.5 Å². The number of aliphatic hydroxyl groups excluding tert-OH is 1. The maximum Gasteiger partial charge on any atom is 0.191 e. The van der Waals surface area contributed by atoms with Crippen LogP contribution in [0.2, 0.25) is 0 Å². The Hall–Kier alpha value is -1.01. The Labute approximate surface area is 105 Å². The van der Waals surface area contributed by atoms with Crippen molar-refractivity contribution in [3.8, 4) is 0 Å². The lowest BCUT2D eigenvalue weighted by Gasteiger charge is -2.34. The van der Waals surface area contributed by atoms with Crippen LogP contribution in [-0.4, -0.2) is 41.0 Å². The predicted octanol–water partition coefficient (Wildman–Crippen LogP) is 0.988. The topological polar surface area (TPSA) is 75.3 Å². The molecule has 1 aliphatic rings. The van der Waals surface area contributed by atoms with Gasteiger partial charge in [0.2, 0.25) is 0 Å². The second kappa shape index (κ2) is 5.10. The molecule has 2 rings (SSSR count). The predicted molar refractivity (Wildman–Crippen MR) is 70.2 cm³/mol. The van der Waals surface area contributed by atoms with Crippen molar-refractivity contribution >= 4 is 23.4 Å². The van der Waals surface area contributed by atoms with Crippen LogP contribution in [0.3, 0.4) is 0 Å². The summed E-state index contributed by atoms with van der Waals surface area (Å²) >= 11 is 1.48. The number of nitrogens with zero attached hydrogens (tertiary/aromatic N) is 3. The Morgan fingerprint density at radius 2 is 2.24 bits per heavy atom. The van der Waals surface area contributed by atoms with Crippen LogP contribution in [0.15, 0.2) is 11.2 Å². The van der Waals surface area contributed by atoms with Crippen molar-refractivity contribution in [2.24, 2.45) is 5.92 Å². The minimum absolute atomic E-state index is 0.106. The van der Waals surface area contributed by atoms with Crippen LogP contribution in [0.25, 0.3) is 0 Å². The lowest BCUT2D eigenvalue weighted by Crippen LogP contribution is -2.37. The Morgan fingerprint density at radius 3 is 2.82 bits per heavy atom. The second-order valence-corrected chi connectivity index (χ2v) is 5.28. The first-order valence-electron chi connectivity index (χ1n) is 5.66. The average Bonchev–Trinajstić information content (AvgIpc) is 2.26. The van der Waals surface area contributed by atoms with E-state index in [2.05, 4.69) is 14.9 Å². The highest BCUT2D eigenvalue weighted by Gasteiger charge is 2.28. The van der Waals surface area contributed by atoms with E-state index in [4.69, 9.17) is 5.73 Å². The van der Waals surface area contributed by atoms with Crippen LogP contribution in [-0.2, 0) is 0 Å². The molecule has 17 heavy (non-hydrogen) atoms. The number of nitrogen functional groups attached to an aromatic ring is 1. The lowest BCUT2D eigenvalue weighted by atomic mass is 9.82. The van der Waals surface area contributed by atoms with Crippen molar-refractivity contribution in [2.45, 2.75) is 24.1 Å². The minimum Gasteiger partial charge on any atom is -0.393 e. The van der Waals surface area contributed by atoms with E-state index in [-0.39, 0.29) is 6.10 Å². The van der Waals surface area contributed by atoms with E-state index in [1.165, 1.54) is 11.8 Å². The SMILES string of the molecule is CSc1nc(N)cc(N(C)CC2CC(O)C2)n1. The summed E-state index contributed by atoms with van der Waals surface area (Å²) in [5, 5.41) is 9.96. The third-order valence-electron chi connectivity index (χ3n) is 3.03. The van der Waals surface area contributed by atoms with Gasteiger partial charge in [0.1, 0.15) is 11.6 Å². The van der Waals surface area contributed by atoms with Crippen molar-refractivity contribution in [3.63, 3.8) is 0 Å². The van der Waals surface area contributed by atoms with Gasteiger partial charge in [0.05, 0.1) is 6.10 Å². The summed E-state index contributed by atoms with van der Waals surface area (Å²) in [6.07, 6.45) is 3.60. The van der Waals surface area contributed by atoms with Gasteiger partial charge in [0.25, 0.3) is 0 Å². The molecular formula is C11H18N4OS. The number of nitrogens with two attached hydrogens (primary N) is 1. The van der Waals surface area contributed by atoms with E-state index >= 15 is 0 Å². The molecule has 0 aliphatic heterocycles. The zero-order valence-corrected chi connectivity index (χ0v) is 10.9. The molecule has 1 saturated carbocycles. The van der Waals surface area contributed by atoms with E-state index in [9.17, 15) is 5.11 Å². The van der Waals surface area contributed by atoms with Gasteiger partial charge in [-0.05, 0) is 25.0 Å². The number of aliphatic hydroxyl groups is 1. The highest BCUT2D eigenvalue weighted by atomic mass is 32.2. The van der Waals surface area contributed by atoms with Crippen LogP contribution in [0.5, 0.6) is 0 Å². The zero-order valence-electron chi connectivity index (χ0n) is 10.1. The number of thioether (sulfide) groups is 1. The molecule has 0 bridgehead atoms. The smallest absolute Gasteiger partial charge is 0.191 e. The normalized spacial score (nSPS) is 23.2. The second-order valence-electron chi connectivity index (χ2n) is 4.51. The molecular weight excluding hydrogens is 236 g/mol. The molecule has 1 aromatic rings. The molecule has 0 saturated heterocycles. The molecule has 5 nitrogen and oxygen atoms in total. The molecule has 6 heteroatoms. The number of aromatic nitrogens is 2. The largest absolute Gasteiger partial charge is 0.393 e. The fraction of sp³-hybridized carbons (Fsp3) is 0.636. The van der Waals surface area contributed by atoms with Gasteiger partial charge >= 0.3 is 0 Å². The van der Waals surface area contributed by atoms with Crippen molar-refractivity contribution in [3.05, 3.63) is 6.07 Å². The first-order valence-corrected chi connectivity index (χ1v) is 6.88. The number of hydrogen-bond donors (Lipinski definition) is 2. The van der Waals surface area contributed by atoms with Crippen molar-refractivity contribution < 1.29 is 5.11 Å². The number of hydrogen-bond acceptors (Lipinski definition) is 6. The average molecular weight is 254 g/mol. The molecule has 0 amide bonds. The molecule has 1 aromatic heterocycles. The summed E-state index contributed by atoms with van der Waals surface area (Å²) in [6, 6.07) is 1.79. The molecule has 0 atom stereocenters. The quantitative estimate of drug-likeness (QED) is 0.616. The summed E-state index contributed by atoms with van der Waals surface area (Å²) in [4.78, 5) is 10.6. The summed E-state index contributed by atoms with van der Waals surface area (Å²) in [7, 11) is 2.00. The fourth-order valence-corrected chi connectivity index (χ4v) is 2.43. The highest BCUT2D eigenvalue weighted by Crippen LogP contribution is 2.29. The van der Waals surface area contributed by atoms with Crippen LogP contribution < -0.4 is 10.6 Å². The molecule has 1 aliphatic carbocycles. The Bertz CT molecular complexity index is 395. The van der Waals surface area contributed by atoms with Crippen LogP contribution in [0, 0.1) is 5.92 Å². The van der Waals surface area contributed by atoms with E-state index < -0.39 is 0 Å². The summed E-state index contributed by atoms with van der Waals surface area (Å²) < 4.78 is 0. The first-order chi connectivity index (χ1) is 8.08. The van der Waals surface area contributed by atoms with E-state index in [0.29, 0.717) is 16.9 Å². The molecule has 3 N–H and O–H groups in total. The van der Waals surface area contributed by atoms with Crippen molar-refractivity contribution in [1.82, 2.24) is 9.97 Å². The summed E-state index contributed by atoms with van der Waals surface area (Å²) in [5.41, 5.74) is 5.74. The van der Waals surface area contributed by atoms with Crippen LogP contribution in [0.4, 0.5) is 11.6 Å². The fourth-order valence-electron chi connectivity index (χ4n) is 2.05. The van der Waals surface area contributed by atoms with E-state index in [0.717, 1.165) is 25.2 Å². The maximum atomic E-state index is 9.26. The third-order valence-corrected chi connectivity index (χ3v) is 3.58. The highest BCUT2D eigenvalue weighted by molar-refractivity contribution is 7.98. The molecule has 94 valence electrons. The monoisotopic (exact) mass is 254 g/mol. The first kappa shape index (κ1) is 12.4. The van der Waals surface area contributed by atoms with E-state index in [1.54, 1.807) is 6.07 Å². The van der Waals surface area contributed by atoms with Crippen molar-refractivity contribution in [1.29, 1.82) is 0 Å². The summed E-state index contributed by atoms with van der Waals surface area (Å²) in [6.45, 7) is 0.904. The Morgan fingerprint density at radius 1 is 1.53 bits per heavy atom. The molecule has 0 unspecified atom stereocenters. The number of rotatable bonds is 4. The standard InChI is InChI=1S/C11H18N4OS/c1-15(6-7-3-8(16)4-7)10-5-9(12)13-11(14-10)17-2/h5,7-8,16H,3-4,6H2,1-2H3,(H2,12,13,14). The zero-order chi connectivity index (χ0) is 12.4. The van der Waals surface area contributed by atoms with Gasteiger partial charge in [-0.25, -0.2) is 9.97 Å². The Kier molecular flexibility index (Phi) is 3.73. The van der Waals surface area contributed by atoms with Gasteiger partial charge in [-0.1, -0.05) is 11.8 Å². The third kappa shape index (κ3) is 3.01. The minimum atomic E-state index is -0.106. The molecule has 0 radical (unpaired) electrons. The van der Waals surface area contributed by atoms with E-state index in [1.807, 2.05) is 13.3 Å². The van der Waals surface area contributed by atoms with Gasteiger partial charge in [-0.3, -0.25) is 0 Å². The molecule has 1 fully saturated rings. The van der Waals surface area contributed by atoms with Gasteiger partial charge in [0, 0.05) is 19.7 Å². The molecule has 1 heterocycles. The lowest BCUT2D eigenvalue weighted by molar-refractivity contribution is 0.0464.